The maximum absolute atomic E-state index is 12.3. The Labute approximate surface area is 190 Å². The fourth-order valence-electron chi connectivity index (χ4n) is 1.64. The van der Waals surface area contributed by atoms with E-state index in [-0.39, 0.29) is 52.8 Å². The zero-order valence-electron chi connectivity index (χ0n) is 15.6. The van der Waals surface area contributed by atoms with Crippen molar-refractivity contribution in [1.29, 1.82) is 0 Å². The smallest absolute Gasteiger partial charge is 1.00 e. The third kappa shape index (κ3) is 8.58. The summed E-state index contributed by atoms with van der Waals surface area (Å²) in [4.78, 5) is 35.0. The molecule has 0 aromatic carbocycles. The summed E-state index contributed by atoms with van der Waals surface area (Å²) in [6, 6.07) is 0. The summed E-state index contributed by atoms with van der Waals surface area (Å²) in [5.74, 6) is -4.16. The molecular weight excluding hydrogens is 383 g/mol. The van der Waals surface area contributed by atoms with Gasteiger partial charge in [0.25, 0.3) is 0 Å². The van der Waals surface area contributed by atoms with E-state index in [1.807, 2.05) is 0 Å². The predicted octanol–water partition coefficient (Wildman–Crippen LogP) is -2.27. The Morgan fingerprint density at radius 1 is 1.12 bits per heavy atom. The molecule has 0 heterocycles. The second-order valence-electron chi connectivity index (χ2n) is 4.98. The normalized spacial score (nSPS) is 15.4. The molecule has 0 bridgehead atoms. The van der Waals surface area contributed by atoms with Gasteiger partial charge in [-0.1, -0.05) is 13.2 Å². The molecule has 2 atom stereocenters. The van der Waals surface area contributed by atoms with Crippen LogP contribution >= 0.6 is 0 Å². The zero-order chi connectivity index (χ0) is 19.1. The molecule has 138 valence electrons. The first kappa shape index (κ1) is 26.7. The van der Waals surface area contributed by atoms with Gasteiger partial charge in [0.1, 0.15) is 17.6 Å². The molecule has 0 amide bonds. The molecular formula is C14H21KO9S. The molecule has 0 saturated carbocycles. The van der Waals surface area contributed by atoms with Crippen molar-refractivity contribution < 1.29 is 94.4 Å². The van der Waals surface area contributed by atoms with Gasteiger partial charge >= 0.3 is 79.4 Å². The second-order valence-corrected chi connectivity index (χ2v) is 6.38. The fraction of sp³-hybridized carbons (Fsp3) is 0.500. The summed E-state index contributed by atoms with van der Waals surface area (Å²) in [7, 11) is -4.58. The molecule has 0 rings (SSSR count). The summed E-state index contributed by atoms with van der Waals surface area (Å²) >= 11 is 0. The molecule has 0 fully saturated rings. The summed E-state index contributed by atoms with van der Waals surface area (Å²) in [5, 5.41) is 0. The molecule has 2 unspecified atom stereocenters. The van der Waals surface area contributed by atoms with Gasteiger partial charge in [0.2, 0.25) is 5.94 Å². The minimum atomic E-state index is -4.58. The Balaban J connectivity index is -0.00000264. The van der Waals surface area contributed by atoms with Gasteiger partial charge in [-0.15, -0.1) is 0 Å². The number of esters is 3. The molecule has 0 radical (unpaired) electrons. The van der Waals surface area contributed by atoms with Gasteiger partial charge in [-0.05, 0) is 20.8 Å². The van der Waals surface area contributed by atoms with Crippen LogP contribution in [0.4, 0.5) is 0 Å². The van der Waals surface area contributed by atoms with Crippen molar-refractivity contribution in [2.75, 3.05) is 5.94 Å². The number of carbonyl (C=O) groups is 3. The van der Waals surface area contributed by atoms with Crippen molar-refractivity contribution in [2.45, 2.75) is 33.0 Å². The minimum Gasteiger partial charge on any atom is -1.00 e. The average molecular weight is 404 g/mol. The van der Waals surface area contributed by atoms with Crippen LogP contribution in [0.2, 0.25) is 0 Å². The van der Waals surface area contributed by atoms with Crippen LogP contribution in [-0.2, 0) is 38.7 Å². The summed E-state index contributed by atoms with van der Waals surface area (Å²) in [5.41, 5.74) is -1.76. The number of ether oxygens (including phenoxy) is 3. The van der Waals surface area contributed by atoms with E-state index in [4.69, 9.17) is 14.0 Å². The summed E-state index contributed by atoms with van der Waals surface area (Å²) in [6.45, 7) is 10.3. The monoisotopic (exact) mass is 404 g/mol. The first-order valence-electron chi connectivity index (χ1n) is 6.67. The molecule has 0 saturated heterocycles. The van der Waals surface area contributed by atoms with Crippen molar-refractivity contribution in [1.82, 2.24) is 0 Å². The van der Waals surface area contributed by atoms with E-state index < -0.39 is 51.6 Å². The Morgan fingerprint density at radius 3 is 1.76 bits per heavy atom. The van der Waals surface area contributed by atoms with Crippen molar-refractivity contribution in [2.24, 2.45) is 5.41 Å². The number of hydrogen-bond acceptors (Lipinski definition) is 8. The molecule has 0 aliphatic carbocycles. The Bertz CT molecular complexity index is 604. The summed E-state index contributed by atoms with van der Waals surface area (Å²) in [6.07, 6.45) is -0.629. The third-order valence-corrected chi connectivity index (χ3v) is 3.80. The molecule has 0 aliphatic heterocycles. The number of hydrogen-bond donors (Lipinski definition) is 1. The van der Waals surface area contributed by atoms with Crippen molar-refractivity contribution in [3.63, 3.8) is 0 Å². The van der Waals surface area contributed by atoms with Gasteiger partial charge in [-0.25, -0.2) is 9.59 Å². The van der Waals surface area contributed by atoms with Gasteiger partial charge in [-0.2, -0.15) is 8.42 Å². The van der Waals surface area contributed by atoms with E-state index in [0.717, 1.165) is 12.2 Å². The first-order valence-corrected chi connectivity index (χ1v) is 8.27. The van der Waals surface area contributed by atoms with Crippen LogP contribution in [0.3, 0.4) is 0 Å². The van der Waals surface area contributed by atoms with E-state index in [9.17, 15) is 22.8 Å². The van der Waals surface area contributed by atoms with Crippen LogP contribution in [0.25, 0.3) is 0 Å². The number of rotatable bonds is 9. The van der Waals surface area contributed by atoms with Gasteiger partial charge in [-0.3, -0.25) is 9.35 Å². The van der Waals surface area contributed by atoms with Gasteiger partial charge in [0.15, 0.2) is 0 Å². The van der Waals surface area contributed by atoms with E-state index in [0.29, 0.717) is 0 Å². The first-order chi connectivity index (χ1) is 10.9. The van der Waals surface area contributed by atoms with Crippen LogP contribution in [0.15, 0.2) is 25.3 Å². The molecule has 0 aromatic rings. The second kappa shape index (κ2) is 11.2. The van der Waals surface area contributed by atoms with Crippen LogP contribution < -0.4 is 51.4 Å². The maximum Gasteiger partial charge on any atom is 1.00 e. The van der Waals surface area contributed by atoms with E-state index >= 15 is 0 Å². The fourth-order valence-corrected chi connectivity index (χ4v) is 1.89. The minimum absolute atomic E-state index is 0. The van der Waals surface area contributed by atoms with E-state index in [1.165, 1.54) is 20.8 Å². The van der Waals surface area contributed by atoms with Gasteiger partial charge < -0.3 is 15.6 Å². The molecule has 0 spiro atoms. The van der Waals surface area contributed by atoms with Crippen molar-refractivity contribution in [3.05, 3.63) is 25.3 Å². The molecule has 11 heteroatoms. The van der Waals surface area contributed by atoms with E-state index in [2.05, 4.69) is 17.9 Å². The van der Waals surface area contributed by atoms with Gasteiger partial charge in [0, 0.05) is 12.2 Å². The topological polar surface area (TPSA) is 133 Å². The molecule has 25 heavy (non-hydrogen) atoms. The standard InChI is InChI=1S/C14H20O9S.K.H/c1-6-11(15)22-9(3)14(5,10(4)23-12(16)7-2)13(17)21-8-24(18,19)20;;/h6-7,9-10H,1-2,8H2,3-5H3,(H,18,19,20);;/q;+1;-1. The zero-order valence-corrected chi connectivity index (χ0v) is 18.5. The quantitative estimate of drug-likeness (QED) is 0.148. The maximum atomic E-state index is 12.3. The van der Waals surface area contributed by atoms with Crippen molar-refractivity contribution >= 4 is 28.0 Å². The van der Waals surface area contributed by atoms with E-state index in [1.54, 1.807) is 0 Å². The van der Waals surface area contributed by atoms with Crippen LogP contribution in [0.1, 0.15) is 22.2 Å². The SMILES string of the molecule is C=CC(=O)OC(C)C(C)(C(=O)OCS(=O)(=O)O)C(C)OC(=O)C=C.[H-].[K+]. The predicted molar refractivity (Wildman–Crippen MR) is 83.2 cm³/mol. The molecule has 9 nitrogen and oxygen atoms in total. The van der Waals surface area contributed by atoms with Crippen LogP contribution in [-0.4, -0.2) is 49.0 Å². The van der Waals surface area contributed by atoms with Crippen LogP contribution in [0, 0.1) is 5.41 Å². The average Bonchev–Trinajstić information content (AvgIpc) is 2.50. The third-order valence-electron chi connectivity index (χ3n) is 3.39. The van der Waals surface area contributed by atoms with Gasteiger partial charge in [0.05, 0.1) is 0 Å². The Kier molecular flexibility index (Phi) is 12.0. The molecule has 0 aliphatic rings. The van der Waals surface area contributed by atoms with Crippen LogP contribution in [0.5, 0.6) is 0 Å². The number of carbonyl (C=O) groups excluding carboxylic acids is 3. The Morgan fingerprint density at radius 2 is 1.48 bits per heavy atom. The largest absolute Gasteiger partial charge is 1.00 e. The summed E-state index contributed by atoms with van der Waals surface area (Å²) < 4.78 is 44.6. The molecule has 1 N–H and O–H groups in total. The Hall–Kier alpha value is -0.564. The molecule has 0 aromatic heterocycles. The van der Waals surface area contributed by atoms with Crippen molar-refractivity contribution in [3.8, 4) is 0 Å².